The molecule has 0 radical (unpaired) electrons. The Kier molecular flexibility index (Phi) is 3.40. The van der Waals surface area contributed by atoms with E-state index in [0.717, 1.165) is 19.4 Å². The number of carbonyl (C=O) groups is 1. The Morgan fingerprint density at radius 2 is 2.42 bits per heavy atom. The van der Waals surface area contributed by atoms with Crippen molar-refractivity contribution in [3.63, 3.8) is 0 Å². The van der Waals surface area contributed by atoms with E-state index in [2.05, 4.69) is 10.6 Å². The molecule has 1 amide bonds. The van der Waals surface area contributed by atoms with Crippen molar-refractivity contribution in [3.8, 4) is 0 Å². The highest BCUT2D eigenvalue weighted by Gasteiger charge is 2.21. The largest absolute Gasteiger partial charge is 0.349 e. The van der Waals surface area contributed by atoms with Crippen molar-refractivity contribution >= 4 is 5.91 Å². The van der Waals surface area contributed by atoms with Gasteiger partial charge in [-0.1, -0.05) is 0 Å². The molecule has 0 aliphatic carbocycles. The number of halogens is 2. The van der Waals surface area contributed by atoms with E-state index in [0.29, 0.717) is 0 Å². The zero-order valence-electron chi connectivity index (χ0n) is 6.65. The van der Waals surface area contributed by atoms with E-state index in [1.165, 1.54) is 0 Å². The molecule has 2 N–H and O–H groups in total. The standard InChI is InChI=1S/C7H12F2N2O/c8-6(9)4-11-7(12)5-2-1-3-10-5/h5-6,10H,1-4H2,(H,11,12). The summed E-state index contributed by atoms with van der Waals surface area (Å²) in [5.74, 6) is -0.312. The smallest absolute Gasteiger partial charge is 0.255 e. The van der Waals surface area contributed by atoms with Crippen LogP contribution in [0.1, 0.15) is 12.8 Å². The summed E-state index contributed by atoms with van der Waals surface area (Å²) in [6.07, 6.45) is -0.780. The summed E-state index contributed by atoms with van der Waals surface area (Å²) in [4.78, 5) is 11.0. The van der Waals surface area contributed by atoms with Gasteiger partial charge in [-0.25, -0.2) is 8.78 Å². The summed E-state index contributed by atoms with van der Waals surface area (Å²) in [7, 11) is 0. The van der Waals surface area contributed by atoms with Crippen LogP contribution in [0.25, 0.3) is 0 Å². The monoisotopic (exact) mass is 178 g/mol. The number of amides is 1. The molecule has 1 rings (SSSR count). The molecule has 0 saturated carbocycles. The lowest BCUT2D eigenvalue weighted by Gasteiger charge is -2.09. The van der Waals surface area contributed by atoms with E-state index in [9.17, 15) is 13.6 Å². The van der Waals surface area contributed by atoms with Gasteiger partial charge in [0.25, 0.3) is 6.43 Å². The molecule has 0 aromatic heterocycles. The second kappa shape index (κ2) is 4.35. The maximum absolute atomic E-state index is 11.6. The second-order valence-corrected chi connectivity index (χ2v) is 2.79. The van der Waals surface area contributed by atoms with Crippen molar-refractivity contribution in [3.05, 3.63) is 0 Å². The van der Waals surface area contributed by atoms with Crippen molar-refractivity contribution in [1.29, 1.82) is 0 Å². The Bertz CT molecular complexity index is 157. The van der Waals surface area contributed by atoms with Crippen LogP contribution in [0.5, 0.6) is 0 Å². The first-order chi connectivity index (χ1) is 5.70. The van der Waals surface area contributed by atoms with E-state index in [-0.39, 0.29) is 11.9 Å². The van der Waals surface area contributed by atoms with Crippen LogP contribution in [0.2, 0.25) is 0 Å². The summed E-state index contributed by atoms with van der Waals surface area (Å²) in [5, 5.41) is 5.10. The zero-order chi connectivity index (χ0) is 8.97. The topological polar surface area (TPSA) is 41.1 Å². The van der Waals surface area contributed by atoms with Crippen molar-refractivity contribution in [2.24, 2.45) is 0 Å². The highest BCUT2D eigenvalue weighted by Crippen LogP contribution is 2.04. The highest BCUT2D eigenvalue weighted by molar-refractivity contribution is 5.81. The molecule has 0 spiro atoms. The molecule has 5 heteroatoms. The maximum Gasteiger partial charge on any atom is 0.255 e. The van der Waals surface area contributed by atoms with Gasteiger partial charge in [-0.15, -0.1) is 0 Å². The lowest BCUT2D eigenvalue weighted by molar-refractivity contribution is -0.123. The van der Waals surface area contributed by atoms with Gasteiger partial charge in [0.15, 0.2) is 0 Å². The molecule has 1 saturated heterocycles. The number of hydrogen-bond acceptors (Lipinski definition) is 2. The molecular weight excluding hydrogens is 166 g/mol. The molecule has 70 valence electrons. The molecule has 1 atom stereocenters. The van der Waals surface area contributed by atoms with Gasteiger partial charge >= 0.3 is 0 Å². The lowest BCUT2D eigenvalue weighted by atomic mass is 10.2. The lowest BCUT2D eigenvalue weighted by Crippen LogP contribution is -2.42. The van der Waals surface area contributed by atoms with E-state index in [4.69, 9.17) is 0 Å². The van der Waals surface area contributed by atoms with Gasteiger partial charge < -0.3 is 10.6 Å². The minimum Gasteiger partial charge on any atom is -0.349 e. The first-order valence-electron chi connectivity index (χ1n) is 3.99. The van der Waals surface area contributed by atoms with Crippen molar-refractivity contribution in [2.45, 2.75) is 25.3 Å². The van der Waals surface area contributed by atoms with E-state index < -0.39 is 13.0 Å². The average Bonchev–Trinajstić information content (AvgIpc) is 2.51. The molecule has 1 aliphatic heterocycles. The fraction of sp³-hybridized carbons (Fsp3) is 0.857. The van der Waals surface area contributed by atoms with E-state index >= 15 is 0 Å². The van der Waals surface area contributed by atoms with E-state index in [1.54, 1.807) is 0 Å². The zero-order valence-corrected chi connectivity index (χ0v) is 6.65. The third kappa shape index (κ3) is 2.73. The van der Waals surface area contributed by atoms with Gasteiger partial charge in [-0.3, -0.25) is 4.79 Å². The normalized spacial score (nSPS) is 23.1. The molecule has 1 unspecified atom stereocenters. The third-order valence-electron chi connectivity index (χ3n) is 1.81. The van der Waals surface area contributed by atoms with Crippen LogP contribution >= 0.6 is 0 Å². The van der Waals surface area contributed by atoms with Gasteiger partial charge in [-0.2, -0.15) is 0 Å². The number of rotatable bonds is 3. The highest BCUT2D eigenvalue weighted by atomic mass is 19.3. The van der Waals surface area contributed by atoms with Crippen LogP contribution in [0.15, 0.2) is 0 Å². The van der Waals surface area contributed by atoms with Gasteiger partial charge in [0.05, 0.1) is 12.6 Å². The second-order valence-electron chi connectivity index (χ2n) is 2.79. The summed E-state index contributed by atoms with van der Waals surface area (Å²) in [6.45, 7) is 0.254. The molecule has 12 heavy (non-hydrogen) atoms. The first-order valence-corrected chi connectivity index (χ1v) is 3.99. The quantitative estimate of drug-likeness (QED) is 0.644. The SMILES string of the molecule is O=C(NCC(F)F)C1CCCN1. The number of hydrogen-bond donors (Lipinski definition) is 2. The first kappa shape index (κ1) is 9.38. The van der Waals surface area contributed by atoms with Crippen LogP contribution < -0.4 is 10.6 Å². The van der Waals surface area contributed by atoms with Gasteiger partial charge in [-0.05, 0) is 19.4 Å². The van der Waals surface area contributed by atoms with Gasteiger partial charge in [0, 0.05) is 0 Å². The van der Waals surface area contributed by atoms with Crippen LogP contribution in [0.3, 0.4) is 0 Å². The van der Waals surface area contributed by atoms with Crippen molar-refractivity contribution in [2.75, 3.05) is 13.1 Å². The minimum atomic E-state index is -2.46. The maximum atomic E-state index is 11.6. The Morgan fingerprint density at radius 1 is 1.67 bits per heavy atom. The van der Waals surface area contributed by atoms with Gasteiger partial charge in [0.1, 0.15) is 0 Å². The van der Waals surface area contributed by atoms with Crippen LogP contribution in [0, 0.1) is 0 Å². The molecule has 0 bridgehead atoms. The Balaban J connectivity index is 2.18. The summed E-state index contributed by atoms with van der Waals surface area (Å²) in [5.41, 5.74) is 0. The summed E-state index contributed by atoms with van der Waals surface area (Å²) >= 11 is 0. The predicted molar refractivity (Wildman–Crippen MR) is 40.0 cm³/mol. The Hall–Kier alpha value is -0.710. The molecule has 1 heterocycles. The molecule has 1 fully saturated rings. The fourth-order valence-electron chi connectivity index (χ4n) is 1.21. The van der Waals surface area contributed by atoms with Crippen LogP contribution in [-0.2, 0) is 4.79 Å². The Labute approximate surface area is 69.5 Å². The average molecular weight is 178 g/mol. The number of alkyl halides is 2. The number of carbonyl (C=O) groups excluding carboxylic acids is 1. The van der Waals surface area contributed by atoms with E-state index in [1.807, 2.05) is 0 Å². The van der Waals surface area contributed by atoms with Crippen LogP contribution in [-0.4, -0.2) is 31.5 Å². The molecular formula is C7H12F2N2O. The van der Waals surface area contributed by atoms with Crippen molar-refractivity contribution < 1.29 is 13.6 Å². The molecule has 0 aromatic rings. The third-order valence-corrected chi connectivity index (χ3v) is 1.81. The molecule has 1 aliphatic rings. The minimum absolute atomic E-state index is 0.260. The molecule has 0 aromatic carbocycles. The van der Waals surface area contributed by atoms with Crippen LogP contribution in [0.4, 0.5) is 8.78 Å². The van der Waals surface area contributed by atoms with Crippen molar-refractivity contribution in [1.82, 2.24) is 10.6 Å². The molecule has 3 nitrogen and oxygen atoms in total. The predicted octanol–water partition coefficient (Wildman–Crippen LogP) is 0.120. The number of nitrogens with one attached hydrogen (secondary N) is 2. The Morgan fingerprint density at radius 3 is 2.92 bits per heavy atom. The van der Waals surface area contributed by atoms with Gasteiger partial charge in [0.2, 0.25) is 5.91 Å². The summed E-state index contributed by atoms with van der Waals surface area (Å²) < 4.78 is 23.3. The fourth-order valence-corrected chi connectivity index (χ4v) is 1.21. The summed E-state index contributed by atoms with van der Waals surface area (Å²) in [6, 6.07) is -0.260.